The molecular weight excluding hydrogens is 467 g/mol. The summed E-state index contributed by atoms with van der Waals surface area (Å²) >= 11 is 0. The number of aliphatic hydroxyl groups is 1. The monoisotopic (exact) mass is 502 g/mol. The molecule has 1 aromatic carbocycles. The minimum Gasteiger partial charge on any atom is -0.459 e. The number of ketones is 2. The van der Waals surface area contributed by atoms with Gasteiger partial charge in [-0.2, -0.15) is 0 Å². The Morgan fingerprint density at radius 1 is 1.11 bits per heavy atom. The minimum atomic E-state index is -0.975. The highest BCUT2D eigenvalue weighted by molar-refractivity contribution is 6.43. The number of fused-ring (bicyclic) bond motifs is 4. The SMILES string of the molecule is CC/C(=C\c1ccc(CO)o1)CC[C@H]1OB(O)C[C@H]2C1=C(C(C)C)C[C@H]1C(=O)c3ccccc3C(=O)[C@H]12. The first-order valence-electron chi connectivity index (χ1n) is 13.4. The van der Waals surface area contributed by atoms with Crippen LogP contribution in [0.5, 0.6) is 0 Å². The molecule has 0 unspecified atom stereocenters. The second kappa shape index (κ2) is 10.6. The molecule has 3 aliphatic rings. The van der Waals surface area contributed by atoms with Crippen LogP contribution >= 0.6 is 0 Å². The van der Waals surface area contributed by atoms with Gasteiger partial charge in [-0.25, -0.2) is 0 Å². The highest BCUT2D eigenvalue weighted by Crippen LogP contribution is 2.52. The fourth-order valence-electron chi connectivity index (χ4n) is 6.58. The molecule has 5 rings (SSSR count). The van der Waals surface area contributed by atoms with E-state index < -0.39 is 13.0 Å². The van der Waals surface area contributed by atoms with E-state index in [1.807, 2.05) is 24.3 Å². The number of carbonyl (C=O) groups excluding carboxylic acids is 2. The lowest BCUT2D eigenvalue weighted by atomic mass is 9.53. The number of hydrogen-bond acceptors (Lipinski definition) is 6. The van der Waals surface area contributed by atoms with Crippen LogP contribution < -0.4 is 0 Å². The Morgan fingerprint density at radius 3 is 2.49 bits per heavy atom. The summed E-state index contributed by atoms with van der Waals surface area (Å²) in [5.41, 5.74) is 4.54. The first kappa shape index (κ1) is 25.9. The molecule has 0 amide bonds. The fourth-order valence-corrected chi connectivity index (χ4v) is 6.58. The van der Waals surface area contributed by atoms with Crippen molar-refractivity contribution in [3.05, 3.63) is 75.8 Å². The predicted molar refractivity (Wildman–Crippen MR) is 142 cm³/mol. The fraction of sp³-hybridized carbons (Fsp3) is 0.467. The van der Waals surface area contributed by atoms with Gasteiger partial charge in [-0.05, 0) is 67.6 Å². The van der Waals surface area contributed by atoms with Gasteiger partial charge in [0, 0.05) is 23.0 Å². The lowest BCUT2D eigenvalue weighted by Crippen LogP contribution is -2.51. The van der Waals surface area contributed by atoms with Gasteiger partial charge in [0.1, 0.15) is 18.1 Å². The molecule has 2 aromatic rings. The number of furan rings is 1. The number of benzene rings is 1. The van der Waals surface area contributed by atoms with Crippen LogP contribution in [0, 0.1) is 23.7 Å². The molecule has 0 spiro atoms. The van der Waals surface area contributed by atoms with Crippen molar-refractivity contribution in [2.75, 3.05) is 0 Å². The Bertz CT molecular complexity index is 1250. The van der Waals surface area contributed by atoms with Crippen LogP contribution in [0.25, 0.3) is 6.08 Å². The van der Waals surface area contributed by atoms with Crippen LogP contribution in [0.1, 0.15) is 78.7 Å². The Balaban J connectivity index is 1.47. The summed E-state index contributed by atoms with van der Waals surface area (Å²) < 4.78 is 11.8. The molecule has 7 heteroatoms. The summed E-state index contributed by atoms with van der Waals surface area (Å²) in [5, 5.41) is 20.1. The minimum absolute atomic E-state index is 0.0185. The Morgan fingerprint density at radius 2 is 1.84 bits per heavy atom. The standard InChI is InChI=1S/C30H35BO6/c1-4-18(13-19-10-11-20(16-32)36-19)9-12-26-27-23(17(2)3)14-24-28(25(27)15-31(35)37-26)30(34)22-8-6-5-7-21(22)29(24)33/h5-8,10-11,13,17,24-26,28,32,35H,4,9,12,14-16H2,1-3H3/b18-13+/t24-,25+,26-,28-/m1/s1. The molecule has 1 saturated heterocycles. The maximum Gasteiger partial charge on any atom is 0.455 e. The van der Waals surface area contributed by atoms with Crippen LogP contribution in [0.3, 0.4) is 0 Å². The lowest BCUT2D eigenvalue weighted by molar-refractivity contribution is 0.0593. The van der Waals surface area contributed by atoms with Crippen molar-refractivity contribution in [2.45, 2.75) is 65.5 Å². The van der Waals surface area contributed by atoms with Crippen LogP contribution in [-0.4, -0.2) is 34.9 Å². The molecule has 1 aliphatic heterocycles. The zero-order chi connectivity index (χ0) is 26.3. The van der Waals surface area contributed by atoms with E-state index in [1.165, 1.54) is 11.1 Å². The molecule has 2 heterocycles. The lowest BCUT2D eigenvalue weighted by Gasteiger charge is -2.48. The zero-order valence-electron chi connectivity index (χ0n) is 21.8. The topological polar surface area (TPSA) is 97.0 Å². The van der Waals surface area contributed by atoms with E-state index in [4.69, 9.17) is 9.07 Å². The van der Waals surface area contributed by atoms with Gasteiger partial charge in [0.15, 0.2) is 11.6 Å². The molecule has 0 bridgehead atoms. The molecule has 2 aliphatic carbocycles. The van der Waals surface area contributed by atoms with E-state index in [-0.39, 0.29) is 42.0 Å². The van der Waals surface area contributed by atoms with Gasteiger partial charge >= 0.3 is 7.12 Å². The smallest absolute Gasteiger partial charge is 0.455 e. The molecule has 6 nitrogen and oxygen atoms in total. The quantitative estimate of drug-likeness (QED) is 0.383. The Labute approximate surface area is 218 Å². The number of rotatable bonds is 7. The van der Waals surface area contributed by atoms with E-state index in [1.54, 1.807) is 18.2 Å². The summed E-state index contributed by atoms with van der Waals surface area (Å²) in [5.74, 6) is 0.460. The average Bonchev–Trinajstić information content (AvgIpc) is 3.36. The molecule has 194 valence electrons. The van der Waals surface area contributed by atoms with E-state index in [2.05, 4.69) is 20.8 Å². The summed E-state index contributed by atoms with van der Waals surface area (Å²) in [7, 11) is -0.975. The number of Topliss-reactive ketones (excluding diaryl/α,β-unsaturated/α-hetero) is 2. The third-order valence-electron chi connectivity index (χ3n) is 8.36. The van der Waals surface area contributed by atoms with Crippen LogP contribution in [0.2, 0.25) is 6.32 Å². The van der Waals surface area contributed by atoms with Crippen molar-refractivity contribution in [1.29, 1.82) is 0 Å². The van der Waals surface area contributed by atoms with Crippen molar-refractivity contribution in [3.8, 4) is 0 Å². The second-order valence-electron chi connectivity index (χ2n) is 10.8. The van der Waals surface area contributed by atoms with Crippen LogP contribution in [0.4, 0.5) is 0 Å². The number of aliphatic hydroxyl groups excluding tert-OH is 1. The van der Waals surface area contributed by atoms with Crippen molar-refractivity contribution in [2.24, 2.45) is 23.7 Å². The van der Waals surface area contributed by atoms with Crippen molar-refractivity contribution < 1.29 is 28.8 Å². The first-order valence-corrected chi connectivity index (χ1v) is 13.4. The summed E-state index contributed by atoms with van der Waals surface area (Å²) in [6.45, 7) is 6.23. The van der Waals surface area contributed by atoms with E-state index in [0.29, 0.717) is 41.8 Å². The number of hydrogen-bond donors (Lipinski definition) is 2. The second-order valence-corrected chi connectivity index (χ2v) is 10.8. The van der Waals surface area contributed by atoms with Gasteiger partial charge in [-0.15, -0.1) is 0 Å². The van der Waals surface area contributed by atoms with Gasteiger partial charge in [-0.1, -0.05) is 56.2 Å². The van der Waals surface area contributed by atoms with Gasteiger partial charge < -0.3 is 19.2 Å². The van der Waals surface area contributed by atoms with Crippen molar-refractivity contribution in [1.82, 2.24) is 0 Å². The van der Waals surface area contributed by atoms with Crippen molar-refractivity contribution in [3.63, 3.8) is 0 Å². The normalized spacial score (nSPS) is 25.9. The van der Waals surface area contributed by atoms with E-state index >= 15 is 0 Å². The molecule has 2 N–H and O–H groups in total. The third-order valence-corrected chi connectivity index (χ3v) is 8.36. The number of carbonyl (C=O) groups is 2. The molecule has 37 heavy (non-hydrogen) atoms. The van der Waals surface area contributed by atoms with Gasteiger partial charge in [0.25, 0.3) is 0 Å². The summed E-state index contributed by atoms with van der Waals surface area (Å²) in [6.07, 6.45) is 4.83. The maximum atomic E-state index is 13.7. The van der Waals surface area contributed by atoms with Crippen LogP contribution in [0.15, 0.2) is 57.5 Å². The predicted octanol–water partition coefficient (Wildman–Crippen LogP) is 5.51. The van der Waals surface area contributed by atoms with Gasteiger partial charge in [-0.3, -0.25) is 9.59 Å². The molecular formula is C30H35BO6. The third kappa shape index (κ3) is 4.80. The molecule has 4 atom stereocenters. The van der Waals surface area contributed by atoms with Crippen LogP contribution in [-0.2, 0) is 11.3 Å². The maximum absolute atomic E-state index is 13.7. The zero-order valence-corrected chi connectivity index (χ0v) is 21.8. The molecule has 0 saturated carbocycles. The number of allylic oxidation sites excluding steroid dienone is 2. The first-order chi connectivity index (χ1) is 17.8. The average molecular weight is 502 g/mol. The largest absolute Gasteiger partial charge is 0.459 e. The molecule has 0 radical (unpaired) electrons. The Hall–Kier alpha value is -2.74. The highest BCUT2D eigenvalue weighted by atomic mass is 16.5. The van der Waals surface area contributed by atoms with E-state index in [0.717, 1.165) is 18.4 Å². The Kier molecular flexibility index (Phi) is 7.39. The molecule has 1 aromatic heterocycles. The van der Waals surface area contributed by atoms with Gasteiger partial charge in [0.2, 0.25) is 0 Å². The summed E-state index contributed by atoms with van der Waals surface area (Å²) in [4.78, 5) is 27.3. The van der Waals surface area contributed by atoms with Crippen molar-refractivity contribution >= 4 is 24.8 Å². The molecule has 1 fully saturated rings. The summed E-state index contributed by atoms with van der Waals surface area (Å²) in [6, 6.07) is 10.8. The van der Waals surface area contributed by atoms with Gasteiger partial charge in [0.05, 0.1) is 6.10 Å². The highest BCUT2D eigenvalue weighted by Gasteiger charge is 2.53. The van der Waals surface area contributed by atoms with E-state index in [9.17, 15) is 19.7 Å².